The van der Waals surface area contributed by atoms with E-state index >= 15 is 0 Å². The summed E-state index contributed by atoms with van der Waals surface area (Å²) in [7, 11) is -0.493. The maximum Gasteiger partial charge on any atom is 0.202 e. The van der Waals surface area contributed by atoms with E-state index in [1.165, 1.54) is 45.7 Å². The molecule has 0 aliphatic rings. The quantitative estimate of drug-likeness (QED) is 0.0448. The molecule has 51 heavy (non-hydrogen) atoms. The van der Waals surface area contributed by atoms with E-state index in [2.05, 4.69) is 103 Å². The number of nitrogens with two attached hydrogens (primary N) is 1. The predicted molar refractivity (Wildman–Crippen MR) is 222 cm³/mol. The maximum atomic E-state index is 10.5. The second-order valence-electron chi connectivity index (χ2n) is 15.5. The van der Waals surface area contributed by atoms with Crippen molar-refractivity contribution in [3.05, 3.63) is 76.9 Å². The molecular weight excluding hydrogens is 665 g/mol. The first kappa shape index (κ1) is 42.2. The number of carbonyl (C=O) groups excluding carboxylic acids is 1. The van der Waals surface area contributed by atoms with E-state index in [1.807, 2.05) is 21.5 Å². The number of ether oxygens (including phenoxy) is 2. The van der Waals surface area contributed by atoms with Gasteiger partial charge in [0.05, 0.1) is 17.6 Å². The molecule has 2 aromatic heterocycles. The van der Waals surface area contributed by atoms with Crippen LogP contribution in [0.25, 0.3) is 22.3 Å². The van der Waals surface area contributed by atoms with Crippen LogP contribution in [0.1, 0.15) is 56.0 Å². The molecule has 8 nitrogen and oxygen atoms in total. The third-order valence-corrected chi connectivity index (χ3v) is 12.3. The van der Waals surface area contributed by atoms with Crippen LogP contribution in [0.2, 0.25) is 51.4 Å². The lowest BCUT2D eigenvalue weighted by molar-refractivity contribution is 0.0763. The number of hydrogen-bond donors (Lipinski definition) is 1. The van der Waals surface area contributed by atoms with Crippen molar-refractivity contribution in [3.63, 3.8) is 0 Å². The van der Waals surface area contributed by atoms with Crippen LogP contribution in [0.15, 0.2) is 48.5 Å². The molecule has 0 saturated heterocycles. The van der Waals surface area contributed by atoms with Crippen LogP contribution in [0.3, 0.4) is 0 Å². The highest BCUT2D eigenvalue weighted by Crippen LogP contribution is 2.31. The highest BCUT2D eigenvalue weighted by Gasteiger charge is 2.20. The highest BCUT2D eigenvalue weighted by molar-refractivity contribution is 6.76. The number of nitrogens with zero attached hydrogens (tertiary/aromatic N) is 4. The molecule has 0 bridgehead atoms. The fourth-order valence-corrected chi connectivity index (χ4v) is 7.41. The number of aromatic nitrogens is 4. The molecule has 1 radical (unpaired) electrons. The largest absolute Gasteiger partial charge is 0.399 e. The molecule has 0 unspecified atom stereocenters. The van der Waals surface area contributed by atoms with Crippen LogP contribution in [0.5, 0.6) is 0 Å². The Labute approximate surface area is 310 Å². The first-order valence-electron chi connectivity index (χ1n) is 18.8. The van der Waals surface area contributed by atoms with E-state index in [0.717, 1.165) is 67.7 Å². The highest BCUT2D eigenvalue weighted by atomic mass is 28.3. The van der Waals surface area contributed by atoms with Gasteiger partial charge in [0.25, 0.3) is 0 Å². The van der Waals surface area contributed by atoms with Crippen molar-refractivity contribution in [1.82, 2.24) is 19.6 Å². The number of nitrogen functional groups attached to an aromatic ring is 1. The normalized spacial score (nSPS) is 11.7. The van der Waals surface area contributed by atoms with Gasteiger partial charge in [-0.2, -0.15) is 10.2 Å². The smallest absolute Gasteiger partial charge is 0.202 e. The van der Waals surface area contributed by atoms with Gasteiger partial charge in [-0.15, -0.1) is 0 Å². The number of anilines is 1. The summed E-state index contributed by atoms with van der Waals surface area (Å²) < 4.78 is 15.9. The third kappa shape index (κ3) is 13.0. The van der Waals surface area contributed by atoms with E-state index in [0.29, 0.717) is 19.8 Å². The molecule has 0 amide bonds. The summed E-state index contributed by atoms with van der Waals surface area (Å²) in [6.45, 7) is 25.5. The summed E-state index contributed by atoms with van der Waals surface area (Å²) in [6.07, 6.45) is 5.18. The van der Waals surface area contributed by atoms with Crippen molar-refractivity contribution in [3.8, 4) is 22.3 Å². The van der Waals surface area contributed by atoms with E-state index < -0.39 is 16.1 Å². The topological polar surface area (TPSA) is 97.2 Å². The zero-order valence-corrected chi connectivity index (χ0v) is 35.1. The average Bonchev–Trinajstić information content (AvgIpc) is 3.65. The van der Waals surface area contributed by atoms with Crippen LogP contribution in [-0.2, 0) is 59.7 Å². The summed E-state index contributed by atoms with van der Waals surface area (Å²) in [6, 6.07) is 18.9. The van der Waals surface area contributed by atoms with Gasteiger partial charge in [-0.25, -0.2) is 9.36 Å². The van der Waals surface area contributed by atoms with E-state index in [9.17, 15) is 4.79 Å². The lowest BCUT2D eigenvalue weighted by Crippen LogP contribution is -2.22. The van der Waals surface area contributed by atoms with Gasteiger partial charge in [0.2, 0.25) is 7.28 Å². The Balaban J connectivity index is 0.000000277. The molecule has 0 atom stereocenters. The van der Waals surface area contributed by atoms with Crippen LogP contribution >= 0.6 is 0 Å². The van der Waals surface area contributed by atoms with Crippen LogP contribution in [0, 0.1) is 0 Å². The van der Waals surface area contributed by atoms with Crippen molar-refractivity contribution in [2.75, 3.05) is 18.9 Å². The Morgan fingerprint density at radius 3 is 1.43 bits per heavy atom. The maximum absolute atomic E-state index is 10.5. The van der Waals surface area contributed by atoms with Gasteiger partial charge in [-0.05, 0) is 67.4 Å². The molecule has 2 aromatic carbocycles. The Bertz CT molecular complexity index is 1640. The van der Waals surface area contributed by atoms with Gasteiger partial charge in [-0.1, -0.05) is 109 Å². The fraction of sp³-hybridized carbons (Fsp3) is 0.525. The van der Waals surface area contributed by atoms with Gasteiger partial charge in [0.15, 0.2) is 0 Å². The minimum Gasteiger partial charge on any atom is -0.399 e. The first-order chi connectivity index (χ1) is 24.2. The van der Waals surface area contributed by atoms with Gasteiger partial charge in [0, 0.05) is 57.6 Å². The molecule has 0 spiro atoms. The molecule has 4 rings (SSSR count). The summed E-state index contributed by atoms with van der Waals surface area (Å²) >= 11 is 0. The zero-order chi connectivity index (χ0) is 37.6. The van der Waals surface area contributed by atoms with E-state index in [4.69, 9.17) is 25.4 Å². The molecule has 2 heterocycles. The molecular formula is C40H63BN5O3Si2. The molecule has 277 valence electrons. The summed E-state index contributed by atoms with van der Waals surface area (Å²) in [5.41, 5.74) is 17.3. The van der Waals surface area contributed by atoms with E-state index in [1.54, 1.807) is 7.28 Å². The molecule has 0 fully saturated rings. The van der Waals surface area contributed by atoms with Crippen molar-refractivity contribution >= 4 is 35.3 Å². The van der Waals surface area contributed by atoms with Crippen molar-refractivity contribution in [2.45, 2.75) is 125 Å². The second kappa shape index (κ2) is 20.1. The molecule has 4 aromatic rings. The number of hydrogen-bond acceptors (Lipinski definition) is 6. The standard InChI is InChI=1S/C21H32BN2O2Si.C19H31N3OSi/c1-6-19-21(18-10-8-17(9-11-18)14-22-15-25)20(7-2)24(23-19)16-26-12-13-27(3,4)5;1-6-17-19(15-8-10-16(20)11-9-15)18(7-2)22(21-17)14-23-12-13-24(3,4)5/h8-11,15H,6-7,12-14,16H2,1-5H3;8-11H,6-7,12-14,20H2,1-5H3. The van der Waals surface area contributed by atoms with Gasteiger partial charge < -0.3 is 20.0 Å². The summed E-state index contributed by atoms with van der Waals surface area (Å²) in [5, 5.41) is 9.64. The van der Waals surface area contributed by atoms with Crippen molar-refractivity contribution in [1.29, 1.82) is 0 Å². The second-order valence-corrected chi connectivity index (χ2v) is 26.8. The number of carbonyl (C=O) groups is 1. The monoisotopic (exact) mass is 728 g/mol. The Kier molecular flexibility index (Phi) is 16.6. The summed E-state index contributed by atoms with van der Waals surface area (Å²) in [4.78, 5) is 10.5. The van der Waals surface area contributed by atoms with Gasteiger partial charge >= 0.3 is 0 Å². The number of benzene rings is 2. The van der Waals surface area contributed by atoms with Crippen LogP contribution in [-0.4, -0.2) is 62.4 Å². The van der Waals surface area contributed by atoms with Crippen molar-refractivity contribution < 1.29 is 14.3 Å². The van der Waals surface area contributed by atoms with E-state index in [-0.39, 0.29) is 0 Å². The van der Waals surface area contributed by atoms with Crippen LogP contribution < -0.4 is 5.73 Å². The van der Waals surface area contributed by atoms with Crippen LogP contribution in [0.4, 0.5) is 5.69 Å². The summed E-state index contributed by atoms with van der Waals surface area (Å²) in [5.74, 6) is 0. The Morgan fingerprint density at radius 2 is 1.08 bits per heavy atom. The number of rotatable bonds is 19. The third-order valence-electron chi connectivity index (χ3n) is 8.91. The lowest BCUT2D eigenvalue weighted by Gasteiger charge is -2.16. The fourth-order valence-electron chi connectivity index (χ4n) is 5.90. The lowest BCUT2D eigenvalue weighted by atomic mass is 9.74. The molecule has 0 aliphatic carbocycles. The number of aryl methyl sites for hydroxylation is 2. The molecule has 2 N–H and O–H groups in total. The van der Waals surface area contributed by atoms with Gasteiger partial charge in [-0.3, -0.25) is 0 Å². The Hall–Kier alpha value is -3.25. The molecule has 0 aliphatic heterocycles. The minimum atomic E-state index is -1.08. The molecule has 11 heteroatoms. The average molecular weight is 729 g/mol. The first-order valence-corrected chi connectivity index (χ1v) is 26.2. The predicted octanol–water partition coefficient (Wildman–Crippen LogP) is 8.95. The SMILES string of the molecule is CCc1nn(COCC[Si](C)(C)C)c(CC)c1-c1ccc(C[B]C=O)cc1.CCc1nn(COCC[Si](C)(C)C)c(CC)c1-c1ccc(N)cc1. The molecule has 0 saturated carbocycles. The Morgan fingerprint density at radius 1 is 0.667 bits per heavy atom. The zero-order valence-electron chi connectivity index (χ0n) is 33.1. The minimum absolute atomic E-state index is 0.521. The van der Waals surface area contributed by atoms with Crippen molar-refractivity contribution in [2.24, 2.45) is 0 Å². The van der Waals surface area contributed by atoms with Gasteiger partial charge in [0.1, 0.15) is 13.5 Å².